The van der Waals surface area contributed by atoms with Gasteiger partial charge in [-0.25, -0.2) is 4.98 Å². The topological polar surface area (TPSA) is 75.2 Å². The highest BCUT2D eigenvalue weighted by molar-refractivity contribution is 7.09. The number of aryl methyl sites for hydroxylation is 1. The molecule has 1 atom stereocenters. The number of fused-ring (bicyclic) bond motifs is 3. The van der Waals surface area contributed by atoms with E-state index in [0.29, 0.717) is 12.5 Å². The highest BCUT2D eigenvalue weighted by Gasteiger charge is 2.24. The summed E-state index contributed by atoms with van der Waals surface area (Å²) in [6.07, 6.45) is 5.51. The van der Waals surface area contributed by atoms with E-state index in [1.807, 2.05) is 12.1 Å². The van der Waals surface area contributed by atoms with Gasteiger partial charge in [0.25, 0.3) is 0 Å². The van der Waals surface area contributed by atoms with Crippen LogP contribution in [-0.4, -0.2) is 21.0 Å². The lowest BCUT2D eigenvalue weighted by Crippen LogP contribution is -2.10. The Labute approximate surface area is 175 Å². The molecule has 5 nitrogen and oxygen atoms in total. The van der Waals surface area contributed by atoms with Gasteiger partial charge in [-0.2, -0.15) is 0 Å². The number of carbonyl (C=O) groups is 1. The number of H-pyrrole nitrogens is 1. The average Bonchev–Trinajstić information content (AvgIpc) is 3.27. The molecule has 6 heteroatoms. The summed E-state index contributed by atoms with van der Waals surface area (Å²) in [7, 11) is 0. The van der Waals surface area contributed by atoms with Crippen molar-refractivity contribution in [2.45, 2.75) is 70.8 Å². The van der Waals surface area contributed by atoms with Crippen molar-refractivity contribution in [2.75, 3.05) is 0 Å². The maximum atomic E-state index is 11.4. The molecule has 2 heterocycles. The van der Waals surface area contributed by atoms with E-state index >= 15 is 0 Å². The summed E-state index contributed by atoms with van der Waals surface area (Å²) in [4.78, 5) is 19.6. The van der Waals surface area contributed by atoms with Crippen molar-refractivity contribution >= 4 is 28.2 Å². The van der Waals surface area contributed by atoms with E-state index in [-0.39, 0.29) is 12.3 Å². The lowest BCUT2D eigenvalue weighted by molar-refractivity contribution is -0.137. The number of nitrogens with zero attached hydrogens (tertiary/aromatic N) is 1. The van der Waals surface area contributed by atoms with Gasteiger partial charge in [0.05, 0.1) is 12.1 Å². The predicted molar refractivity (Wildman–Crippen MR) is 116 cm³/mol. The molecule has 0 spiro atoms. The summed E-state index contributed by atoms with van der Waals surface area (Å²) in [5.74, 6) is 0.587. The van der Waals surface area contributed by atoms with Crippen LogP contribution in [0.1, 0.15) is 79.7 Å². The number of ether oxygens (including phenoxy) is 1. The minimum absolute atomic E-state index is 0.0769. The number of rotatable bonds is 6. The van der Waals surface area contributed by atoms with Gasteiger partial charge in [-0.15, -0.1) is 11.3 Å². The van der Waals surface area contributed by atoms with Gasteiger partial charge in [0.1, 0.15) is 17.4 Å². The Morgan fingerprint density at radius 3 is 2.97 bits per heavy atom. The number of aromatic amines is 1. The van der Waals surface area contributed by atoms with E-state index in [1.165, 1.54) is 11.3 Å². The van der Waals surface area contributed by atoms with Crippen LogP contribution in [0.2, 0.25) is 0 Å². The zero-order valence-electron chi connectivity index (χ0n) is 17.0. The first kappa shape index (κ1) is 20.0. The molecule has 0 bridgehead atoms. The van der Waals surface area contributed by atoms with Gasteiger partial charge in [-0.1, -0.05) is 26.7 Å². The second-order valence-electron chi connectivity index (χ2n) is 8.23. The van der Waals surface area contributed by atoms with Crippen molar-refractivity contribution in [2.24, 2.45) is 0 Å². The van der Waals surface area contributed by atoms with Crippen LogP contribution in [0.25, 0.3) is 10.9 Å². The monoisotopic (exact) mass is 412 g/mol. The van der Waals surface area contributed by atoms with E-state index in [9.17, 15) is 9.90 Å². The summed E-state index contributed by atoms with van der Waals surface area (Å²) in [6, 6.07) is 6.11. The Kier molecular flexibility index (Phi) is 5.90. The maximum absolute atomic E-state index is 11.4. The highest BCUT2D eigenvalue weighted by atomic mass is 32.1. The molecule has 154 valence electrons. The van der Waals surface area contributed by atoms with Gasteiger partial charge >= 0.3 is 5.97 Å². The molecule has 0 fully saturated rings. The van der Waals surface area contributed by atoms with E-state index in [2.05, 4.69) is 35.3 Å². The van der Waals surface area contributed by atoms with Crippen molar-refractivity contribution in [3.05, 3.63) is 45.5 Å². The third-order valence-corrected chi connectivity index (χ3v) is 6.56. The first-order valence-corrected chi connectivity index (χ1v) is 11.3. The number of nitrogens with one attached hydrogen (secondary N) is 1. The van der Waals surface area contributed by atoms with Crippen LogP contribution in [0, 0.1) is 0 Å². The van der Waals surface area contributed by atoms with Crippen LogP contribution in [0.3, 0.4) is 0 Å². The number of aliphatic carboxylic acids is 1. The number of aromatic nitrogens is 2. The van der Waals surface area contributed by atoms with Crippen LogP contribution in [0.4, 0.5) is 0 Å². The first-order chi connectivity index (χ1) is 14.0. The lowest BCUT2D eigenvalue weighted by atomic mass is 9.85. The molecule has 0 aliphatic heterocycles. The molecule has 1 unspecified atom stereocenters. The third kappa shape index (κ3) is 4.47. The SMILES string of the molecule is CC(C)c1csc(COc2ccc3c4c([nH]c3c2)CCCCCC4CC(=O)O)n1. The van der Waals surface area contributed by atoms with Gasteiger partial charge in [0, 0.05) is 28.0 Å². The number of hydrogen-bond acceptors (Lipinski definition) is 4. The minimum atomic E-state index is -0.722. The number of benzene rings is 1. The van der Waals surface area contributed by atoms with Gasteiger partial charge < -0.3 is 14.8 Å². The molecule has 1 aliphatic rings. The molecule has 0 saturated heterocycles. The van der Waals surface area contributed by atoms with Gasteiger partial charge in [-0.05, 0) is 48.8 Å². The van der Waals surface area contributed by atoms with Crippen LogP contribution >= 0.6 is 11.3 Å². The molecule has 0 radical (unpaired) electrons. The zero-order chi connectivity index (χ0) is 20.4. The summed E-state index contributed by atoms with van der Waals surface area (Å²) >= 11 is 1.63. The van der Waals surface area contributed by atoms with E-state index < -0.39 is 5.97 Å². The molecule has 3 aromatic rings. The summed E-state index contributed by atoms with van der Waals surface area (Å²) in [5.41, 5.74) is 4.55. The quantitative estimate of drug-likeness (QED) is 0.520. The molecule has 0 saturated carbocycles. The Bertz CT molecular complexity index is 1000. The smallest absolute Gasteiger partial charge is 0.303 e. The predicted octanol–water partition coefficient (Wildman–Crippen LogP) is 6.00. The van der Waals surface area contributed by atoms with E-state index in [0.717, 1.165) is 59.5 Å². The van der Waals surface area contributed by atoms with Crippen LogP contribution in [0.15, 0.2) is 23.6 Å². The van der Waals surface area contributed by atoms with Crippen LogP contribution < -0.4 is 4.74 Å². The Hall–Kier alpha value is -2.34. The number of carboxylic acids is 1. The summed E-state index contributed by atoms with van der Waals surface area (Å²) < 4.78 is 6.00. The van der Waals surface area contributed by atoms with E-state index in [4.69, 9.17) is 4.74 Å². The summed E-state index contributed by atoms with van der Waals surface area (Å²) in [5, 5.41) is 13.6. The van der Waals surface area contributed by atoms with Gasteiger partial charge in [0.2, 0.25) is 0 Å². The fourth-order valence-corrected chi connectivity index (χ4v) is 5.10. The van der Waals surface area contributed by atoms with Gasteiger partial charge in [0.15, 0.2) is 0 Å². The number of carboxylic acid groups (broad SMARTS) is 1. The first-order valence-electron chi connectivity index (χ1n) is 10.4. The third-order valence-electron chi connectivity index (χ3n) is 5.72. The molecular formula is C23H28N2O3S. The highest BCUT2D eigenvalue weighted by Crippen LogP contribution is 2.38. The fourth-order valence-electron chi connectivity index (χ4n) is 4.24. The molecule has 29 heavy (non-hydrogen) atoms. The molecule has 1 aliphatic carbocycles. The van der Waals surface area contributed by atoms with Crippen LogP contribution in [0.5, 0.6) is 5.75 Å². The molecule has 4 rings (SSSR count). The fraction of sp³-hybridized carbons (Fsp3) is 0.478. The Morgan fingerprint density at radius 2 is 2.21 bits per heavy atom. The van der Waals surface area contributed by atoms with Crippen molar-refractivity contribution in [1.29, 1.82) is 0 Å². The number of thiazole rings is 1. The second-order valence-corrected chi connectivity index (χ2v) is 9.17. The molecule has 1 aromatic carbocycles. The van der Waals surface area contributed by atoms with Crippen molar-refractivity contribution in [3.8, 4) is 5.75 Å². The lowest BCUT2D eigenvalue weighted by Gasteiger charge is -2.19. The molecular weight excluding hydrogens is 384 g/mol. The second kappa shape index (κ2) is 8.57. The average molecular weight is 413 g/mol. The largest absolute Gasteiger partial charge is 0.486 e. The Balaban J connectivity index is 1.58. The maximum Gasteiger partial charge on any atom is 0.303 e. The van der Waals surface area contributed by atoms with Crippen molar-refractivity contribution < 1.29 is 14.6 Å². The van der Waals surface area contributed by atoms with Crippen molar-refractivity contribution in [3.63, 3.8) is 0 Å². The standard InChI is InChI=1S/C23H28N2O3S/c1-14(2)20-13-29-21(25-20)12-28-16-8-9-17-19(11-16)24-18-7-5-3-4-6-15(23(17)18)10-22(26)27/h8-9,11,13-15,24H,3-7,10,12H2,1-2H3,(H,26,27). The molecule has 2 N–H and O–H groups in total. The van der Waals surface area contributed by atoms with Gasteiger partial charge in [-0.3, -0.25) is 4.79 Å². The van der Waals surface area contributed by atoms with Crippen molar-refractivity contribution in [1.82, 2.24) is 9.97 Å². The zero-order valence-corrected chi connectivity index (χ0v) is 17.8. The normalized spacial score (nSPS) is 17.1. The number of hydrogen-bond donors (Lipinski definition) is 2. The minimum Gasteiger partial charge on any atom is -0.486 e. The summed E-state index contributed by atoms with van der Waals surface area (Å²) in [6.45, 7) is 4.75. The molecule has 0 amide bonds. The molecule has 2 aromatic heterocycles. The van der Waals surface area contributed by atoms with Crippen LogP contribution in [-0.2, 0) is 17.8 Å². The Morgan fingerprint density at radius 1 is 1.34 bits per heavy atom. The van der Waals surface area contributed by atoms with E-state index in [1.54, 1.807) is 11.3 Å².